The van der Waals surface area contributed by atoms with E-state index in [2.05, 4.69) is 5.32 Å². The van der Waals surface area contributed by atoms with Crippen LogP contribution in [0.4, 0.5) is 4.79 Å². The number of hydrogen-bond acceptors (Lipinski definition) is 5. The van der Waals surface area contributed by atoms with Crippen LogP contribution in [-0.4, -0.2) is 36.6 Å². The van der Waals surface area contributed by atoms with Gasteiger partial charge in [0.2, 0.25) is 6.79 Å². The standard InChI is InChI=1S/C13H9ClN2O5/c1-16-12(18)7(11(17)15-13(16)19)2-6-3-9-10(4-8(6)14)21-5-20-9/h2-4H,5H2,1H3,(H,15,17,19)/b7-2-. The lowest BCUT2D eigenvalue weighted by Crippen LogP contribution is -2.52. The summed E-state index contributed by atoms with van der Waals surface area (Å²) in [5, 5.41) is 2.36. The Morgan fingerprint density at radius 1 is 1.24 bits per heavy atom. The van der Waals surface area contributed by atoms with Gasteiger partial charge < -0.3 is 9.47 Å². The first-order valence-corrected chi connectivity index (χ1v) is 6.29. The van der Waals surface area contributed by atoms with Crippen molar-refractivity contribution in [3.63, 3.8) is 0 Å². The molecule has 1 saturated heterocycles. The van der Waals surface area contributed by atoms with Gasteiger partial charge in [-0.05, 0) is 17.7 Å². The third kappa shape index (κ3) is 2.21. The second-order valence-electron chi connectivity index (χ2n) is 4.41. The van der Waals surface area contributed by atoms with Crippen LogP contribution < -0.4 is 14.8 Å². The van der Waals surface area contributed by atoms with E-state index in [4.69, 9.17) is 21.1 Å². The van der Waals surface area contributed by atoms with E-state index in [1.165, 1.54) is 19.2 Å². The summed E-state index contributed by atoms with van der Waals surface area (Å²) in [5.41, 5.74) is 0.236. The molecule has 1 aromatic carbocycles. The fourth-order valence-corrected chi connectivity index (χ4v) is 2.15. The Morgan fingerprint density at radius 2 is 1.90 bits per heavy atom. The van der Waals surface area contributed by atoms with E-state index in [1.54, 1.807) is 6.07 Å². The first kappa shape index (κ1) is 13.4. The van der Waals surface area contributed by atoms with Gasteiger partial charge in [-0.3, -0.25) is 19.8 Å². The van der Waals surface area contributed by atoms with Crippen molar-refractivity contribution in [2.45, 2.75) is 0 Å². The first-order chi connectivity index (χ1) is 9.97. The summed E-state index contributed by atoms with van der Waals surface area (Å²) in [6, 6.07) is 2.34. The molecular formula is C13H9ClN2O5. The molecule has 0 atom stereocenters. The van der Waals surface area contributed by atoms with Crippen LogP contribution in [0.5, 0.6) is 11.5 Å². The molecular weight excluding hydrogens is 300 g/mol. The van der Waals surface area contributed by atoms with Gasteiger partial charge in [0.1, 0.15) is 5.57 Å². The van der Waals surface area contributed by atoms with Crippen molar-refractivity contribution in [2.24, 2.45) is 0 Å². The fraction of sp³-hybridized carbons (Fsp3) is 0.154. The van der Waals surface area contributed by atoms with E-state index < -0.39 is 17.8 Å². The highest BCUT2D eigenvalue weighted by atomic mass is 35.5. The molecule has 2 aliphatic rings. The first-order valence-electron chi connectivity index (χ1n) is 5.91. The SMILES string of the molecule is CN1C(=O)NC(=O)/C(=C/c2cc3c(cc2Cl)OCO3)C1=O. The fourth-order valence-electron chi connectivity index (χ4n) is 1.94. The lowest BCUT2D eigenvalue weighted by atomic mass is 10.1. The average molecular weight is 309 g/mol. The predicted molar refractivity (Wildman–Crippen MR) is 71.9 cm³/mol. The Labute approximate surface area is 124 Å². The van der Waals surface area contributed by atoms with Crippen molar-refractivity contribution in [1.29, 1.82) is 0 Å². The van der Waals surface area contributed by atoms with Crippen LogP contribution in [0.3, 0.4) is 0 Å². The van der Waals surface area contributed by atoms with Crippen molar-refractivity contribution in [3.8, 4) is 11.5 Å². The van der Waals surface area contributed by atoms with Crippen LogP contribution in [0.25, 0.3) is 6.08 Å². The Bertz CT molecular complexity index is 713. The molecule has 1 aromatic rings. The number of rotatable bonds is 1. The number of nitrogens with one attached hydrogen (secondary N) is 1. The zero-order valence-electron chi connectivity index (χ0n) is 10.8. The van der Waals surface area contributed by atoms with Gasteiger partial charge in [-0.25, -0.2) is 4.79 Å². The number of benzene rings is 1. The minimum absolute atomic E-state index is 0.0857. The van der Waals surface area contributed by atoms with Crippen molar-refractivity contribution >= 4 is 35.5 Å². The van der Waals surface area contributed by atoms with Crippen LogP contribution in [0.1, 0.15) is 5.56 Å². The molecule has 0 radical (unpaired) electrons. The molecule has 21 heavy (non-hydrogen) atoms. The molecule has 0 saturated carbocycles. The number of carbonyl (C=O) groups is 3. The van der Waals surface area contributed by atoms with Crippen molar-refractivity contribution in [3.05, 3.63) is 28.3 Å². The minimum Gasteiger partial charge on any atom is -0.454 e. The zero-order chi connectivity index (χ0) is 15.1. The van der Waals surface area contributed by atoms with Crippen LogP contribution in [0.2, 0.25) is 5.02 Å². The van der Waals surface area contributed by atoms with Gasteiger partial charge in [-0.2, -0.15) is 0 Å². The van der Waals surface area contributed by atoms with E-state index in [0.717, 1.165) is 4.90 Å². The third-order valence-electron chi connectivity index (χ3n) is 3.10. The van der Waals surface area contributed by atoms with Gasteiger partial charge in [0, 0.05) is 13.1 Å². The molecule has 7 nitrogen and oxygen atoms in total. The summed E-state index contributed by atoms with van der Waals surface area (Å²) in [6.45, 7) is 0.0857. The highest BCUT2D eigenvalue weighted by Gasteiger charge is 2.33. The summed E-state index contributed by atoms with van der Waals surface area (Å²) < 4.78 is 10.4. The van der Waals surface area contributed by atoms with Gasteiger partial charge >= 0.3 is 6.03 Å². The number of halogens is 1. The molecule has 2 heterocycles. The van der Waals surface area contributed by atoms with E-state index in [-0.39, 0.29) is 12.4 Å². The van der Waals surface area contributed by atoms with E-state index in [1.807, 2.05) is 0 Å². The molecule has 0 aliphatic carbocycles. The second kappa shape index (κ2) is 4.78. The van der Waals surface area contributed by atoms with E-state index >= 15 is 0 Å². The van der Waals surface area contributed by atoms with E-state index in [0.29, 0.717) is 22.1 Å². The normalized spacial score (nSPS) is 19.2. The van der Waals surface area contributed by atoms with Crippen molar-refractivity contribution < 1.29 is 23.9 Å². The highest BCUT2D eigenvalue weighted by Crippen LogP contribution is 2.37. The van der Waals surface area contributed by atoms with Gasteiger partial charge in [0.25, 0.3) is 11.8 Å². The zero-order valence-corrected chi connectivity index (χ0v) is 11.6. The summed E-state index contributed by atoms with van der Waals surface area (Å²) in [4.78, 5) is 35.9. The Kier molecular flexibility index (Phi) is 3.06. The number of nitrogens with zero attached hydrogens (tertiary/aromatic N) is 1. The highest BCUT2D eigenvalue weighted by molar-refractivity contribution is 6.34. The molecule has 8 heteroatoms. The average Bonchev–Trinajstić information content (AvgIpc) is 2.88. The number of likely N-dealkylation sites (N-methyl/N-ethyl adjacent to an activating group) is 1. The molecule has 2 aliphatic heterocycles. The summed E-state index contributed by atoms with van der Waals surface area (Å²) >= 11 is 6.08. The summed E-state index contributed by atoms with van der Waals surface area (Å²) in [6.07, 6.45) is 1.31. The molecule has 0 unspecified atom stereocenters. The smallest absolute Gasteiger partial charge is 0.331 e. The van der Waals surface area contributed by atoms with E-state index in [9.17, 15) is 14.4 Å². The Morgan fingerprint density at radius 3 is 2.62 bits per heavy atom. The number of ether oxygens (including phenoxy) is 2. The van der Waals surface area contributed by atoms with Crippen LogP contribution in [0.15, 0.2) is 17.7 Å². The molecule has 0 spiro atoms. The molecule has 108 valence electrons. The Hall–Kier alpha value is -2.54. The van der Waals surface area contributed by atoms with Crippen LogP contribution in [0, 0.1) is 0 Å². The summed E-state index contributed by atoms with van der Waals surface area (Å²) in [7, 11) is 1.28. The van der Waals surface area contributed by atoms with Crippen molar-refractivity contribution in [1.82, 2.24) is 10.2 Å². The number of urea groups is 1. The predicted octanol–water partition coefficient (Wildman–Crippen LogP) is 1.16. The van der Waals surface area contributed by atoms with Crippen LogP contribution in [-0.2, 0) is 9.59 Å². The molecule has 0 aromatic heterocycles. The molecule has 0 bridgehead atoms. The minimum atomic E-state index is -0.767. The Balaban J connectivity index is 2.03. The number of imide groups is 2. The van der Waals surface area contributed by atoms with Gasteiger partial charge in [-0.15, -0.1) is 0 Å². The molecule has 4 amide bonds. The number of hydrogen-bond donors (Lipinski definition) is 1. The molecule has 1 fully saturated rings. The number of barbiturate groups is 1. The lowest BCUT2D eigenvalue weighted by molar-refractivity contribution is -0.129. The van der Waals surface area contributed by atoms with Crippen LogP contribution >= 0.6 is 11.6 Å². The maximum atomic E-state index is 12.0. The maximum absolute atomic E-state index is 12.0. The largest absolute Gasteiger partial charge is 0.454 e. The lowest BCUT2D eigenvalue weighted by Gasteiger charge is -2.22. The summed E-state index contributed by atoms with van der Waals surface area (Å²) in [5.74, 6) is -0.498. The second-order valence-corrected chi connectivity index (χ2v) is 4.82. The number of amides is 4. The third-order valence-corrected chi connectivity index (χ3v) is 3.42. The van der Waals surface area contributed by atoms with Gasteiger partial charge in [0.15, 0.2) is 11.5 Å². The monoisotopic (exact) mass is 308 g/mol. The van der Waals surface area contributed by atoms with Crippen molar-refractivity contribution in [2.75, 3.05) is 13.8 Å². The maximum Gasteiger partial charge on any atom is 0.331 e. The van der Waals surface area contributed by atoms with Gasteiger partial charge in [-0.1, -0.05) is 11.6 Å². The number of carbonyl (C=O) groups excluding carboxylic acids is 3. The topological polar surface area (TPSA) is 84.9 Å². The quantitative estimate of drug-likeness (QED) is 0.621. The molecule has 3 rings (SSSR count). The number of fused-ring (bicyclic) bond motifs is 1. The van der Waals surface area contributed by atoms with Gasteiger partial charge in [0.05, 0.1) is 5.02 Å². The molecule has 1 N–H and O–H groups in total.